The number of amides is 2. The number of carboxylic acids is 1. The van der Waals surface area contributed by atoms with Gasteiger partial charge in [-0.3, -0.25) is 9.59 Å². The molecule has 0 aliphatic carbocycles. The third kappa shape index (κ3) is 16.4. The molecule has 8 nitrogen and oxygen atoms in total. The molecule has 0 aromatic carbocycles. The minimum absolute atomic E-state index is 0.151. The summed E-state index contributed by atoms with van der Waals surface area (Å²) in [7, 11) is 0. The Bertz CT molecular complexity index is 359. The average Bonchev–Trinajstić information content (AvgIpc) is 2.47. The Morgan fingerprint density at radius 2 is 1.65 bits per heavy atom. The zero-order chi connectivity index (χ0) is 18.5. The highest BCUT2D eigenvalue weighted by Crippen LogP contribution is 2.05. The van der Waals surface area contributed by atoms with Gasteiger partial charge in [0.25, 0.3) is 0 Å². The number of hydrogen-bond acceptors (Lipinski definition) is 5. The molecule has 1 aliphatic heterocycles. The molecular formula is C15H30N2O6. The topological polar surface area (TPSA) is 105 Å². The number of rotatable bonds is 2. The Balaban J connectivity index is 0. The molecular weight excluding hydrogens is 304 g/mol. The Hall–Kier alpha value is -1.83. The van der Waals surface area contributed by atoms with Gasteiger partial charge in [-0.25, -0.2) is 4.79 Å². The van der Waals surface area contributed by atoms with Crippen LogP contribution in [0.1, 0.15) is 41.5 Å². The summed E-state index contributed by atoms with van der Waals surface area (Å²) in [4.78, 5) is 33.2. The Morgan fingerprint density at radius 3 is 1.96 bits per heavy atom. The highest BCUT2D eigenvalue weighted by Gasteiger charge is 2.16. The Labute approximate surface area is 138 Å². The van der Waals surface area contributed by atoms with Crippen LogP contribution in [0.4, 0.5) is 4.79 Å². The average molecular weight is 334 g/mol. The molecule has 0 atom stereocenters. The molecule has 8 heteroatoms. The fourth-order valence-electron chi connectivity index (χ4n) is 1.34. The van der Waals surface area contributed by atoms with Crippen molar-refractivity contribution in [2.45, 2.75) is 47.1 Å². The van der Waals surface area contributed by atoms with Crippen LogP contribution >= 0.6 is 0 Å². The van der Waals surface area contributed by atoms with E-state index in [0.717, 1.165) is 13.1 Å². The lowest BCUT2D eigenvalue weighted by atomic mass is 10.2. The summed E-state index contributed by atoms with van der Waals surface area (Å²) in [5, 5.41) is 10.3. The first-order valence-electron chi connectivity index (χ1n) is 7.63. The molecule has 2 N–H and O–H groups in total. The largest absolute Gasteiger partial charge is 0.480 e. The molecule has 1 aliphatic rings. The minimum Gasteiger partial charge on any atom is -0.480 e. The van der Waals surface area contributed by atoms with Crippen LogP contribution < -0.4 is 5.32 Å². The molecule has 136 valence electrons. The third-order valence-corrected chi connectivity index (χ3v) is 2.24. The van der Waals surface area contributed by atoms with Crippen LogP contribution in [0.5, 0.6) is 0 Å². The number of ether oxygens (including phenoxy) is 2. The van der Waals surface area contributed by atoms with Gasteiger partial charge in [0, 0.05) is 20.0 Å². The minimum atomic E-state index is -1.10. The zero-order valence-corrected chi connectivity index (χ0v) is 15.0. The van der Waals surface area contributed by atoms with E-state index in [0.29, 0.717) is 13.2 Å². The monoisotopic (exact) mass is 334 g/mol. The molecule has 0 radical (unpaired) electrons. The van der Waals surface area contributed by atoms with E-state index in [1.54, 1.807) is 32.6 Å². The van der Waals surface area contributed by atoms with Crippen molar-refractivity contribution in [2.24, 2.45) is 0 Å². The third-order valence-electron chi connectivity index (χ3n) is 2.24. The molecule has 1 heterocycles. The maximum atomic E-state index is 10.8. The number of carboxylic acid groups (broad SMARTS) is 1. The van der Waals surface area contributed by atoms with E-state index in [4.69, 9.17) is 14.6 Å². The first-order valence-corrected chi connectivity index (χ1v) is 7.63. The van der Waals surface area contributed by atoms with Crippen molar-refractivity contribution >= 4 is 18.0 Å². The standard InChI is InChI=1S/C7H13NO4.C6H11NO2.C2H6/c1-7(2,3)12-6(11)8-4-5(9)10;1-6(8)7-2-4-9-5-3-7;1-2/h4H2,1-3H3,(H,8,11)(H,9,10);2-5H2,1H3;1-2H3. The lowest BCUT2D eigenvalue weighted by Crippen LogP contribution is -2.39. The normalized spacial score (nSPS) is 13.6. The number of aliphatic carboxylic acids is 1. The van der Waals surface area contributed by atoms with Crippen LogP contribution in [0.25, 0.3) is 0 Å². The van der Waals surface area contributed by atoms with Crippen LogP contribution in [0, 0.1) is 0 Å². The molecule has 2 amide bonds. The second kappa shape index (κ2) is 12.7. The number of alkyl carbamates (subject to hydrolysis) is 1. The zero-order valence-electron chi connectivity index (χ0n) is 15.0. The van der Waals surface area contributed by atoms with Crippen LogP contribution in [0.2, 0.25) is 0 Å². The molecule has 0 bridgehead atoms. The van der Waals surface area contributed by atoms with Gasteiger partial charge in [-0.05, 0) is 20.8 Å². The number of nitrogens with one attached hydrogen (secondary N) is 1. The van der Waals surface area contributed by atoms with Gasteiger partial charge in [-0.15, -0.1) is 0 Å². The molecule has 0 aromatic heterocycles. The lowest BCUT2D eigenvalue weighted by molar-refractivity contribution is -0.136. The van der Waals surface area contributed by atoms with Crippen molar-refractivity contribution in [3.05, 3.63) is 0 Å². The highest BCUT2D eigenvalue weighted by molar-refractivity contribution is 5.76. The smallest absolute Gasteiger partial charge is 0.408 e. The Kier molecular flexibility index (Phi) is 12.9. The van der Waals surface area contributed by atoms with E-state index in [2.05, 4.69) is 5.32 Å². The van der Waals surface area contributed by atoms with Crippen molar-refractivity contribution in [2.75, 3.05) is 32.8 Å². The number of morpholine rings is 1. The summed E-state index contributed by atoms with van der Waals surface area (Å²) in [5.74, 6) is -0.945. The summed E-state index contributed by atoms with van der Waals surface area (Å²) in [6.45, 7) is 13.2. The van der Waals surface area contributed by atoms with E-state index in [1.165, 1.54) is 0 Å². The van der Waals surface area contributed by atoms with Gasteiger partial charge < -0.3 is 24.8 Å². The van der Waals surface area contributed by atoms with Crippen LogP contribution in [0.3, 0.4) is 0 Å². The predicted molar refractivity (Wildman–Crippen MR) is 86.3 cm³/mol. The van der Waals surface area contributed by atoms with Crippen LogP contribution in [-0.2, 0) is 19.1 Å². The Morgan fingerprint density at radius 1 is 1.17 bits per heavy atom. The molecule has 1 fully saturated rings. The molecule has 0 spiro atoms. The fourth-order valence-corrected chi connectivity index (χ4v) is 1.34. The first-order chi connectivity index (χ1) is 10.6. The van der Waals surface area contributed by atoms with Gasteiger partial charge in [0.15, 0.2) is 0 Å². The summed E-state index contributed by atoms with van der Waals surface area (Å²) < 4.78 is 9.83. The number of carbonyl (C=O) groups is 3. The van der Waals surface area contributed by atoms with Crippen molar-refractivity contribution < 1.29 is 29.0 Å². The maximum Gasteiger partial charge on any atom is 0.408 e. The summed E-state index contributed by atoms with van der Waals surface area (Å²) in [6, 6.07) is 0. The molecule has 0 unspecified atom stereocenters. The summed E-state index contributed by atoms with van der Waals surface area (Å²) in [5.41, 5.74) is -0.595. The molecule has 1 rings (SSSR count). The van der Waals surface area contributed by atoms with Gasteiger partial charge in [0.1, 0.15) is 12.1 Å². The molecule has 0 saturated carbocycles. The van der Waals surface area contributed by atoms with Gasteiger partial charge in [-0.1, -0.05) is 13.8 Å². The quantitative estimate of drug-likeness (QED) is 0.792. The number of hydrogen-bond donors (Lipinski definition) is 2. The van der Waals surface area contributed by atoms with Crippen LogP contribution in [-0.4, -0.2) is 66.4 Å². The number of carbonyl (C=O) groups excluding carboxylic acids is 2. The van der Waals surface area contributed by atoms with E-state index >= 15 is 0 Å². The molecule has 23 heavy (non-hydrogen) atoms. The summed E-state index contributed by atoms with van der Waals surface area (Å²) in [6.07, 6.45) is -0.718. The van der Waals surface area contributed by atoms with E-state index in [1.807, 2.05) is 13.8 Å². The van der Waals surface area contributed by atoms with Gasteiger partial charge >= 0.3 is 12.1 Å². The highest BCUT2D eigenvalue weighted by atomic mass is 16.6. The SMILES string of the molecule is CC.CC(=O)N1CCOCC1.CC(C)(C)OC(=O)NCC(=O)O. The molecule has 1 saturated heterocycles. The van der Waals surface area contributed by atoms with Gasteiger partial charge in [-0.2, -0.15) is 0 Å². The number of nitrogens with zero attached hydrogens (tertiary/aromatic N) is 1. The predicted octanol–water partition coefficient (Wildman–Crippen LogP) is 1.49. The van der Waals surface area contributed by atoms with Crippen molar-refractivity contribution in [1.82, 2.24) is 10.2 Å². The van der Waals surface area contributed by atoms with Gasteiger partial charge in [0.2, 0.25) is 5.91 Å². The maximum absolute atomic E-state index is 10.8. The second-order valence-electron chi connectivity index (χ2n) is 5.37. The van der Waals surface area contributed by atoms with E-state index in [-0.39, 0.29) is 5.91 Å². The summed E-state index contributed by atoms with van der Waals surface area (Å²) >= 11 is 0. The van der Waals surface area contributed by atoms with Crippen molar-refractivity contribution in [3.63, 3.8) is 0 Å². The fraction of sp³-hybridized carbons (Fsp3) is 0.800. The lowest BCUT2D eigenvalue weighted by Gasteiger charge is -2.25. The van der Waals surface area contributed by atoms with E-state index in [9.17, 15) is 14.4 Å². The van der Waals surface area contributed by atoms with E-state index < -0.39 is 24.2 Å². The van der Waals surface area contributed by atoms with Crippen molar-refractivity contribution in [1.29, 1.82) is 0 Å². The first kappa shape index (κ1) is 23.4. The van der Waals surface area contributed by atoms with Gasteiger partial charge in [0.05, 0.1) is 13.2 Å². The second-order valence-corrected chi connectivity index (χ2v) is 5.37. The van der Waals surface area contributed by atoms with Crippen LogP contribution in [0.15, 0.2) is 0 Å². The van der Waals surface area contributed by atoms with Crippen molar-refractivity contribution in [3.8, 4) is 0 Å². The molecule has 0 aromatic rings.